The summed E-state index contributed by atoms with van der Waals surface area (Å²) in [4.78, 5) is 2.08. The monoisotopic (exact) mass is 471 g/mol. The number of azo groups is 1. The van der Waals surface area contributed by atoms with Crippen LogP contribution in [0.1, 0.15) is 18.5 Å². The van der Waals surface area contributed by atoms with Crippen molar-refractivity contribution in [3.63, 3.8) is 0 Å². The molecule has 0 radical (unpaired) electrons. The Hall–Kier alpha value is -2.99. The zero-order valence-corrected chi connectivity index (χ0v) is 17.6. The van der Waals surface area contributed by atoms with Crippen molar-refractivity contribution < 1.29 is 31.4 Å². The van der Waals surface area contributed by atoms with E-state index in [0.29, 0.717) is 25.3 Å². The summed E-state index contributed by atoms with van der Waals surface area (Å²) in [6.07, 6.45) is -5.01. The molecule has 2 heterocycles. The topological polar surface area (TPSA) is 84.5 Å². The van der Waals surface area contributed by atoms with Gasteiger partial charge in [0.1, 0.15) is 35.4 Å². The van der Waals surface area contributed by atoms with E-state index >= 15 is 0 Å². The number of rotatable bonds is 4. The van der Waals surface area contributed by atoms with Gasteiger partial charge in [0, 0.05) is 24.7 Å². The number of alkyl halides is 3. The molecule has 0 saturated carbocycles. The Bertz CT molecular complexity index is 1050. The molecule has 178 valence electrons. The number of nitrogen functional groups attached to an aromatic ring is 1. The zero-order valence-electron chi connectivity index (χ0n) is 17.6. The van der Waals surface area contributed by atoms with Gasteiger partial charge >= 0.3 is 6.30 Å². The van der Waals surface area contributed by atoms with E-state index in [9.17, 15) is 22.0 Å². The van der Waals surface area contributed by atoms with Crippen LogP contribution in [0.25, 0.3) is 0 Å². The van der Waals surface area contributed by atoms with Gasteiger partial charge in [0.2, 0.25) is 0 Å². The van der Waals surface area contributed by atoms with Gasteiger partial charge in [-0.2, -0.15) is 0 Å². The van der Waals surface area contributed by atoms with Gasteiger partial charge in [-0.05, 0) is 25.1 Å². The molecule has 0 amide bonds. The molecule has 2 aliphatic rings. The highest BCUT2D eigenvalue weighted by Gasteiger charge is 2.38. The Morgan fingerprint density at radius 2 is 1.97 bits per heavy atom. The number of nitrogens with zero attached hydrogens (tertiary/aromatic N) is 3. The summed E-state index contributed by atoms with van der Waals surface area (Å²) in [6.45, 7) is 3.65. The highest BCUT2D eigenvalue weighted by molar-refractivity contribution is 5.79. The molecule has 3 N–H and O–H groups in total. The van der Waals surface area contributed by atoms with E-state index in [1.54, 1.807) is 0 Å². The van der Waals surface area contributed by atoms with Crippen molar-refractivity contribution in [2.45, 2.75) is 31.4 Å². The van der Waals surface area contributed by atoms with Gasteiger partial charge in [0.05, 0.1) is 30.5 Å². The molecule has 2 aromatic carbocycles. The van der Waals surface area contributed by atoms with E-state index in [4.69, 9.17) is 15.2 Å². The minimum Gasteiger partial charge on any atom is -0.491 e. The standard InChI is InChI=1S/C21H22F5N5O2/c1-11-9-31(6-7-32-11)16-10-33-17-8-12(22)2-3-13(17)18(16)28-19-14(23)4-5-15(27)20(19)29-30-21(24,25)26/h2-5,8,11,16,18,28H,6-7,9-10,27H2,1H3. The number of anilines is 2. The fraction of sp³-hybridized carbons (Fsp3) is 0.429. The first-order chi connectivity index (χ1) is 15.6. The molecule has 0 aromatic heterocycles. The van der Waals surface area contributed by atoms with Crippen LogP contribution in [0, 0.1) is 11.6 Å². The second-order valence-electron chi connectivity index (χ2n) is 7.89. The van der Waals surface area contributed by atoms with Crippen LogP contribution in [0.5, 0.6) is 5.75 Å². The first kappa shape index (κ1) is 23.2. The number of fused-ring (bicyclic) bond motifs is 1. The average molecular weight is 471 g/mol. The quantitative estimate of drug-likeness (QED) is 0.290. The van der Waals surface area contributed by atoms with Gasteiger partial charge in [0.15, 0.2) is 0 Å². The highest BCUT2D eigenvalue weighted by atomic mass is 19.4. The molecule has 3 unspecified atom stereocenters. The van der Waals surface area contributed by atoms with Crippen LogP contribution in [-0.2, 0) is 4.74 Å². The van der Waals surface area contributed by atoms with Crippen molar-refractivity contribution in [3.8, 4) is 5.75 Å². The number of nitrogens with two attached hydrogens (primary N) is 1. The predicted octanol–water partition coefficient (Wildman–Crippen LogP) is 4.79. The molecule has 0 aliphatic carbocycles. The second-order valence-corrected chi connectivity index (χ2v) is 7.89. The Morgan fingerprint density at radius 3 is 2.70 bits per heavy atom. The average Bonchev–Trinajstić information content (AvgIpc) is 2.75. The summed E-state index contributed by atoms with van der Waals surface area (Å²) in [5.41, 5.74) is 5.33. The van der Waals surface area contributed by atoms with Crippen LogP contribution in [-0.4, -0.2) is 49.6 Å². The van der Waals surface area contributed by atoms with Crippen LogP contribution in [0.3, 0.4) is 0 Å². The molecule has 1 saturated heterocycles. The summed E-state index contributed by atoms with van der Waals surface area (Å²) in [6, 6.07) is 5.06. The Morgan fingerprint density at radius 1 is 1.18 bits per heavy atom. The van der Waals surface area contributed by atoms with Crippen LogP contribution in [0.15, 0.2) is 40.6 Å². The molecule has 12 heteroatoms. The number of nitrogens with one attached hydrogen (secondary N) is 1. The highest BCUT2D eigenvalue weighted by Crippen LogP contribution is 2.42. The Balaban J connectivity index is 1.76. The van der Waals surface area contributed by atoms with Gasteiger partial charge in [-0.15, -0.1) is 18.3 Å². The van der Waals surface area contributed by atoms with Gasteiger partial charge in [0.25, 0.3) is 0 Å². The third-order valence-electron chi connectivity index (χ3n) is 5.57. The fourth-order valence-corrected chi connectivity index (χ4v) is 4.10. The lowest BCUT2D eigenvalue weighted by atomic mass is 9.93. The normalized spacial score (nSPS) is 23.9. The number of ether oxygens (including phenoxy) is 2. The zero-order chi connectivity index (χ0) is 23.8. The van der Waals surface area contributed by atoms with Gasteiger partial charge in [-0.25, -0.2) is 8.78 Å². The number of morpholine rings is 1. The second kappa shape index (κ2) is 9.10. The van der Waals surface area contributed by atoms with E-state index in [1.807, 2.05) is 6.92 Å². The van der Waals surface area contributed by atoms with E-state index in [2.05, 4.69) is 20.4 Å². The Kier molecular flexibility index (Phi) is 6.39. The van der Waals surface area contributed by atoms with Crippen molar-refractivity contribution in [3.05, 3.63) is 47.5 Å². The number of halogens is 5. The molecule has 2 aliphatic heterocycles. The van der Waals surface area contributed by atoms with Crippen molar-refractivity contribution in [1.29, 1.82) is 0 Å². The molecular formula is C21H22F5N5O2. The predicted molar refractivity (Wildman–Crippen MR) is 110 cm³/mol. The molecule has 33 heavy (non-hydrogen) atoms. The molecule has 4 rings (SSSR count). The SMILES string of the molecule is CC1CN(C2COc3cc(F)ccc3C2Nc2c(F)ccc(N)c2N=NC(F)(F)F)CCO1. The van der Waals surface area contributed by atoms with Crippen LogP contribution >= 0.6 is 0 Å². The van der Waals surface area contributed by atoms with E-state index in [1.165, 1.54) is 18.2 Å². The molecule has 3 atom stereocenters. The summed E-state index contributed by atoms with van der Waals surface area (Å²) < 4.78 is 78.0. The lowest BCUT2D eigenvalue weighted by molar-refractivity contribution is -0.125. The fourth-order valence-electron chi connectivity index (χ4n) is 4.10. The molecule has 1 fully saturated rings. The van der Waals surface area contributed by atoms with Gasteiger partial charge < -0.3 is 20.5 Å². The van der Waals surface area contributed by atoms with Gasteiger partial charge in [-0.3, -0.25) is 4.90 Å². The summed E-state index contributed by atoms with van der Waals surface area (Å²) >= 11 is 0. The maximum atomic E-state index is 14.9. The molecule has 0 bridgehead atoms. The largest absolute Gasteiger partial charge is 0.521 e. The lowest BCUT2D eigenvalue weighted by Crippen LogP contribution is -2.54. The van der Waals surface area contributed by atoms with Crippen LogP contribution in [0.2, 0.25) is 0 Å². The summed E-state index contributed by atoms with van der Waals surface area (Å²) in [5.74, 6) is -1.11. The van der Waals surface area contributed by atoms with E-state index in [0.717, 1.165) is 12.1 Å². The van der Waals surface area contributed by atoms with Crippen LogP contribution in [0.4, 0.5) is 39.0 Å². The van der Waals surface area contributed by atoms with E-state index < -0.39 is 29.7 Å². The smallest absolute Gasteiger partial charge is 0.491 e. The van der Waals surface area contributed by atoms with Gasteiger partial charge in [-0.1, -0.05) is 11.2 Å². The first-order valence-corrected chi connectivity index (χ1v) is 10.2. The van der Waals surface area contributed by atoms with E-state index in [-0.39, 0.29) is 35.9 Å². The van der Waals surface area contributed by atoms with Crippen molar-refractivity contribution in [2.75, 3.05) is 37.4 Å². The van der Waals surface area contributed by atoms with Crippen LogP contribution < -0.4 is 15.8 Å². The minimum absolute atomic E-state index is 0.0609. The van der Waals surface area contributed by atoms with Crippen molar-refractivity contribution in [1.82, 2.24) is 4.90 Å². The van der Waals surface area contributed by atoms with Crippen molar-refractivity contribution in [2.24, 2.45) is 10.2 Å². The minimum atomic E-state index is -4.95. The lowest BCUT2D eigenvalue weighted by Gasteiger charge is -2.44. The third-order valence-corrected chi connectivity index (χ3v) is 5.57. The maximum Gasteiger partial charge on any atom is 0.521 e. The maximum absolute atomic E-state index is 14.9. The number of hydrogen-bond acceptors (Lipinski definition) is 7. The molecule has 7 nitrogen and oxygen atoms in total. The molecular weight excluding hydrogens is 449 g/mol. The van der Waals surface area contributed by atoms with Crippen molar-refractivity contribution >= 4 is 17.1 Å². The summed E-state index contributed by atoms with van der Waals surface area (Å²) in [7, 11) is 0. The number of hydrogen-bond donors (Lipinski definition) is 2. The number of benzene rings is 2. The molecule has 0 spiro atoms. The molecule has 2 aromatic rings. The summed E-state index contributed by atoms with van der Waals surface area (Å²) in [5, 5.41) is 8.44. The third kappa shape index (κ3) is 5.17. The Labute approximate surface area is 186 Å². The first-order valence-electron chi connectivity index (χ1n) is 10.2.